The van der Waals surface area contributed by atoms with E-state index in [0.717, 1.165) is 18.4 Å². The highest BCUT2D eigenvalue weighted by Gasteiger charge is 2.19. The summed E-state index contributed by atoms with van der Waals surface area (Å²) in [4.78, 5) is 11.1. The molecule has 0 aromatic heterocycles. The smallest absolute Gasteiger partial charge is 0.249 e. The van der Waals surface area contributed by atoms with Gasteiger partial charge in [-0.05, 0) is 22.9 Å². The highest BCUT2D eigenvalue weighted by Crippen LogP contribution is 2.30. The van der Waals surface area contributed by atoms with E-state index in [2.05, 4.69) is 27.8 Å². The van der Waals surface area contributed by atoms with Crippen LogP contribution in [0.2, 0.25) is 0 Å². The van der Waals surface area contributed by atoms with Gasteiger partial charge >= 0.3 is 0 Å². The highest BCUT2D eigenvalue weighted by atomic mass is 79.9. The van der Waals surface area contributed by atoms with Crippen molar-refractivity contribution in [3.05, 3.63) is 46.1 Å². The summed E-state index contributed by atoms with van der Waals surface area (Å²) in [6.07, 6.45) is 7.61. The molecule has 0 saturated heterocycles. The van der Waals surface area contributed by atoms with Crippen LogP contribution in [0.15, 0.2) is 46.1 Å². The van der Waals surface area contributed by atoms with E-state index in [1.807, 2.05) is 12.2 Å². The second-order valence-electron chi connectivity index (χ2n) is 3.33. The molecule has 0 fully saturated rings. The Bertz CT molecular complexity index is 402. The van der Waals surface area contributed by atoms with E-state index in [1.54, 1.807) is 6.08 Å². The van der Waals surface area contributed by atoms with Gasteiger partial charge in [0.2, 0.25) is 5.91 Å². The average molecular weight is 252 g/mol. The molecule has 3 heteroatoms. The molecular weight excluding hydrogens is 242 g/mol. The molecule has 1 amide bonds. The molecule has 2 rings (SSSR count). The third-order valence-electron chi connectivity index (χ3n) is 2.32. The summed E-state index contributed by atoms with van der Waals surface area (Å²) in [6, 6.07) is 0. The quantitative estimate of drug-likeness (QED) is 0.763. The SMILES string of the molecule is C=C1NC(=O)C=C1C1=CC=C(Br)CC1. The normalized spacial score (nSPS) is 21.4. The highest BCUT2D eigenvalue weighted by molar-refractivity contribution is 9.11. The molecule has 1 heterocycles. The summed E-state index contributed by atoms with van der Waals surface area (Å²) in [7, 11) is 0. The lowest BCUT2D eigenvalue weighted by atomic mass is 9.96. The molecule has 0 unspecified atom stereocenters. The van der Waals surface area contributed by atoms with Gasteiger partial charge in [0.25, 0.3) is 0 Å². The Morgan fingerprint density at radius 2 is 2.14 bits per heavy atom. The van der Waals surface area contributed by atoms with Gasteiger partial charge in [-0.1, -0.05) is 34.7 Å². The minimum absolute atomic E-state index is 0.0699. The summed E-state index contributed by atoms with van der Waals surface area (Å²) in [5, 5.41) is 2.68. The van der Waals surface area contributed by atoms with Gasteiger partial charge in [-0.2, -0.15) is 0 Å². The van der Waals surface area contributed by atoms with Gasteiger partial charge in [-0.15, -0.1) is 0 Å². The van der Waals surface area contributed by atoms with Crippen LogP contribution in [0.3, 0.4) is 0 Å². The first kappa shape index (κ1) is 9.46. The second kappa shape index (κ2) is 3.58. The van der Waals surface area contributed by atoms with Gasteiger partial charge in [0.1, 0.15) is 0 Å². The van der Waals surface area contributed by atoms with Crippen molar-refractivity contribution in [1.82, 2.24) is 5.32 Å². The summed E-state index contributed by atoms with van der Waals surface area (Å²) in [5.41, 5.74) is 2.84. The first-order valence-corrected chi connectivity index (χ1v) is 5.23. The lowest BCUT2D eigenvalue weighted by Crippen LogP contribution is -2.12. The van der Waals surface area contributed by atoms with E-state index in [0.29, 0.717) is 5.70 Å². The Labute approximate surface area is 91.2 Å². The Morgan fingerprint density at radius 1 is 1.36 bits per heavy atom. The first-order valence-electron chi connectivity index (χ1n) is 4.44. The lowest BCUT2D eigenvalue weighted by molar-refractivity contribution is -0.115. The van der Waals surface area contributed by atoms with E-state index >= 15 is 0 Å². The van der Waals surface area contributed by atoms with E-state index < -0.39 is 0 Å². The minimum Gasteiger partial charge on any atom is -0.322 e. The third-order valence-corrected chi connectivity index (χ3v) is 2.98. The van der Waals surface area contributed by atoms with Crippen LogP contribution in [0.25, 0.3) is 0 Å². The minimum atomic E-state index is -0.0699. The number of carbonyl (C=O) groups excluding carboxylic acids is 1. The molecule has 1 aliphatic heterocycles. The molecule has 2 nitrogen and oxygen atoms in total. The molecule has 0 bridgehead atoms. The molecule has 2 aliphatic rings. The maximum atomic E-state index is 11.1. The van der Waals surface area contributed by atoms with E-state index in [1.165, 1.54) is 10.1 Å². The van der Waals surface area contributed by atoms with E-state index in [4.69, 9.17) is 0 Å². The molecule has 1 N–H and O–H groups in total. The zero-order valence-electron chi connectivity index (χ0n) is 7.64. The van der Waals surface area contributed by atoms with Crippen LogP contribution in [0.5, 0.6) is 0 Å². The summed E-state index contributed by atoms with van der Waals surface area (Å²) >= 11 is 3.44. The van der Waals surface area contributed by atoms with Crippen molar-refractivity contribution < 1.29 is 4.79 Å². The summed E-state index contributed by atoms with van der Waals surface area (Å²) < 4.78 is 1.20. The Hall–Kier alpha value is -1.09. The number of amides is 1. The molecule has 0 saturated carbocycles. The molecule has 0 aromatic carbocycles. The third kappa shape index (κ3) is 1.73. The van der Waals surface area contributed by atoms with Crippen LogP contribution in [-0.2, 0) is 4.79 Å². The van der Waals surface area contributed by atoms with Crippen molar-refractivity contribution in [3.63, 3.8) is 0 Å². The van der Waals surface area contributed by atoms with Gasteiger partial charge in [0, 0.05) is 17.3 Å². The number of halogens is 1. The molecule has 0 radical (unpaired) electrons. The molecule has 0 spiro atoms. The topological polar surface area (TPSA) is 29.1 Å². The average Bonchev–Trinajstić information content (AvgIpc) is 2.47. The molecule has 72 valence electrons. The van der Waals surface area contributed by atoms with Crippen LogP contribution >= 0.6 is 15.9 Å². The lowest BCUT2D eigenvalue weighted by Gasteiger charge is -2.12. The molecule has 14 heavy (non-hydrogen) atoms. The molecule has 0 aromatic rings. The van der Waals surface area contributed by atoms with Crippen molar-refractivity contribution >= 4 is 21.8 Å². The van der Waals surface area contributed by atoms with Gasteiger partial charge in [-0.3, -0.25) is 4.79 Å². The Kier molecular flexibility index (Phi) is 2.42. The number of rotatable bonds is 1. The fourth-order valence-corrected chi connectivity index (χ4v) is 1.92. The predicted molar refractivity (Wildman–Crippen MR) is 59.7 cm³/mol. The zero-order valence-corrected chi connectivity index (χ0v) is 9.23. The van der Waals surface area contributed by atoms with Gasteiger partial charge in [-0.25, -0.2) is 0 Å². The van der Waals surface area contributed by atoms with Crippen molar-refractivity contribution in [2.24, 2.45) is 0 Å². The van der Waals surface area contributed by atoms with Gasteiger partial charge in [0.15, 0.2) is 0 Å². The van der Waals surface area contributed by atoms with Gasteiger partial charge in [0.05, 0.1) is 0 Å². The molecule has 1 aliphatic carbocycles. The Balaban J connectivity index is 2.29. The van der Waals surface area contributed by atoms with Gasteiger partial charge < -0.3 is 5.32 Å². The second-order valence-corrected chi connectivity index (χ2v) is 4.35. The number of hydrogen-bond donors (Lipinski definition) is 1. The molecule has 0 atom stereocenters. The number of carbonyl (C=O) groups is 1. The maximum absolute atomic E-state index is 11.1. The summed E-state index contributed by atoms with van der Waals surface area (Å²) in [5.74, 6) is -0.0699. The number of allylic oxidation sites excluding steroid dienone is 4. The van der Waals surface area contributed by atoms with Crippen LogP contribution in [0.1, 0.15) is 12.8 Å². The number of nitrogens with one attached hydrogen (secondary N) is 1. The predicted octanol–water partition coefficient (Wildman–Crippen LogP) is 2.56. The zero-order chi connectivity index (χ0) is 10.1. The Morgan fingerprint density at radius 3 is 2.64 bits per heavy atom. The van der Waals surface area contributed by atoms with E-state index in [-0.39, 0.29) is 5.91 Å². The fraction of sp³-hybridized carbons (Fsp3) is 0.182. The van der Waals surface area contributed by atoms with Crippen molar-refractivity contribution in [1.29, 1.82) is 0 Å². The fourth-order valence-electron chi connectivity index (χ4n) is 1.59. The van der Waals surface area contributed by atoms with E-state index in [9.17, 15) is 4.79 Å². The molecular formula is C11H10BrNO. The van der Waals surface area contributed by atoms with Crippen molar-refractivity contribution in [2.45, 2.75) is 12.8 Å². The van der Waals surface area contributed by atoms with Crippen LogP contribution in [0, 0.1) is 0 Å². The number of hydrogen-bond acceptors (Lipinski definition) is 1. The van der Waals surface area contributed by atoms with Crippen molar-refractivity contribution in [2.75, 3.05) is 0 Å². The first-order chi connectivity index (χ1) is 6.66. The van der Waals surface area contributed by atoms with Crippen LogP contribution < -0.4 is 5.32 Å². The van der Waals surface area contributed by atoms with Crippen LogP contribution in [-0.4, -0.2) is 5.91 Å². The van der Waals surface area contributed by atoms with Crippen molar-refractivity contribution in [3.8, 4) is 0 Å². The standard InChI is InChI=1S/C11H10BrNO/c1-7-10(6-11(14)13-7)8-2-4-9(12)5-3-8/h2,4,6H,1,3,5H2,(H,13,14). The summed E-state index contributed by atoms with van der Waals surface area (Å²) in [6.45, 7) is 3.81. The van der Waals surface area contributed by atoms with Crippen LogP contribution in [0.4, 0.5) is 0 Å². The monoisotopic (exact) mass is 251 g/mol. The largest absolute Gasteiger partial charge is 0.322 e. The maximum Gasteiger partial charge on any atom is 0.249 e.